The molecule has 1 rings (SSSR count). The monoisotopic (exact) mass is 344 g/mol. The van der Waals surface area contributed by atoms with E-state index in [1.54, 1.807) is 14.2 Å². The van der Waals surface area contributed by atoms with Gasteiger partial charge in [0.25, 0.3) is 0 Å². The first-order chi connectivity index (χ1) is 12.0. The zero-order chi connectivity index (χ0) is 18.7. The van der Waals surface area contributed by atoms with Crippen LogP contribution in [-0.2, 0) is 12.8 Å². The number of ether oxygens (including phenoxy) is 2. The second-order valence-electron chi connectivity index (χ2n) is 7.01. The predicted octanol–water partition coefficient (Wildman–Crippen LogP) is 6.67. The molecular formula is C23H36O2. The Hall–Kier alpha value is -1.70. The van der Waals surface area contributed by atoms with E-state index in [2.05, 4.69) is 52.0 Å². The van der Waals surface area contributed by atoms with Crippen LogP contribution in [0, 0.1) is 0 Å². The Bertz CT molecular complexity index is 553. The zero-order valence-electron chi connectivity index (χ0n) is 17.1. The fraction of sp³-hybridized carbons (Fsp3) is 0.565. The lowest BCUT2D eigenvalue weighted by Crippen LogP contribution is -1.99. The van der Waals surface area contributed by atoms with Crippen molar-refractivity contribution in [2.75, 3.05) is 14.2 Å². The molecule has 0 spiro atoms. The molecule has 0 aliphatic rings. The summed E-state index contributed by atoms with van der Waals surface area (Å²) in [7, 11) is 3.50. The van der Waals surface area contributed by atoms with E-state index in [1.807, 2.05) is 0 Å². The normalized spacial score (nSPS) is 11.4. The first-order valence-corrected chi connectivity index (χ1v) is 9.54. The molecule has 140 valence electrons. The van der Waals surface area contributed by atoms with Crippen LogP contribution in [-0.4, -0.2) is 14.2 Å². The van der Waals surface area contributed by atoms with Crippen LogP contribution in [0.2, 0.25) is 0 Å². The van der Waals surface area contributed by atoms with Crippen molar-refractivity contribution >= 4 is 0 Å². The Morgan fingerprint density at radius 3 is 2.12 bits per heavy atom. The molecule has 0 fully saturated rings. The smallest absolute Gasteiger partial charge is 0.126 e. The summed E-state index contributed by atoms with van der Waals surface area (Å²) in [6, 6.07) is 4.36. The van der Waals surface area contributed by atoms with Crippen LogP contribution in [0.4, 0.5) is 0 Å². The summed E-state index contributed by atoms with van der Waals surface area (Å²) in [5, 5.41) is 0. The van der Waals surface area contributed by atoms with Crippen molar-refractivity contribution in [3.8, 4) is 11.5 Å². The highest BCUT2D eigenvalue weighted by Crippen LogP contribution is 2.32. The molecule has 0 bridgehead atoms. The highest BCUT2D eigenvalue weighted by molar-refractivity contribution is 5.49. The molecule has 0 heterocycles. The summed E-state index contributed by atoms with van der Waals surface area (Å²) in [6.45, 7) is 8.74. The number of unbranched alkanes of at least 4 members (excludes halogenated alkanes) is 2. The third-order valence-corrected chi connectivity index (χ3v) is 4.48. The van der Waals surface area contributed by atoms with Crippen molar-refractivity contribution in [1.82, 2.24) is 0 Å². The number of hydrogen-bond acceptors (Lipinski definition) is 2. The first-order valence-electron chi connectivity index (χ1n) is 9.54. The Labute approximate surface area is 154 Å². The number of hydrogen-bond donors (Lipinski definition) is 0. The van der Waals surface area contributed by atoms with Gasteiger partial charge in [0.2, 0.25) is 0 Å². The molecule has 0 radical (unpaired) electrons. The molecule has 0 aliphatic heterocycles. The van der Waals surface area contributed by atoms with Crippen molar-refractivity contribution in [2.24, 2.45) is 0 Å². The van der Waals surface area contributed by atoms with Gasteiger partial charge >= 0.3 is 0 Å². The lowest BCUT2D eigenvalue weighted by atomic mass is 10.00. The Balaban J connectivity index is 2.88. The molecule has 0 aromatic heterocycles. The van der Waals surface area contributed by atoms with Gasteiger partial charge in [-0.05, 0) is 70.6 Å². The van der Waals surface area contributed by atoms with Gasteiger partial charge in [-0.25, -0.2) is 0 Å². The topological polar surface area (TPSA) is 18.5 Å². The largest absolute Gasteiger partial charge is 0.496 e. The highest BCUT2D eigenvalue weighted by Gasteiger charge is 2.11. The molecule has 1 aromatic carbocycles. The Morgan fingerprint density at radius 2 is 1.60 bits per heavy atom. The average molecular weight is 345 g/mol. The van der Waals surface area contributed by atoms with Gasteiger partial charge in [0.05, 0.1) is 14.2 Å². The lowest BCUT2D eigenvalue weighted by Gasteiger charge is -2.15. The molecule has 0 aliphatic carbocycles. The van der Waals surface area contributed by atoms with E-state index in [4.69, 9.17) is 9.47 Å². The minimum atomic E-state index is 0.849. The molecule has 2 nitrogen and oxygen atoms in total. The maximum Gasteiger partial charge on any atom is 0.126 e. The summed E-state index contributed by atoms with van der Waals surface area (Å²) < 4.78 is 11.3. The molecule has 25 heavy (non-hydrogen) atoms. The quantitative estimate of drug-likeness (QED) is 0.329. The Kier molecular flexibility index (Phi) is 10.1. The van der Waals surface area contributed by atoms with Gasteiger partial charge in [-0.2, -0.15) is 0 Å². The summed E-state index contributed by atoms with van der Waals surface area (Å²) in [6.07, 6.45) is 12.5. The third-order valence-electron chi connectivity index (χ3n) is 4.48. The maximum atomic E-state index is 5.66. The molecule has 0 saturated carbocycles. The molecule has 0 N–H and O–H groups in total. The molecular weight excluding hydrogens is 308 g/mol. The van der Waals surface area contributed by atoms with E-state index in [0.29, 0.717) is 0 Å². The minimum absolute atomic E-state index is 0.849. The molecule has 1 aromatic rings. The fourth-order valence-electron chi connectivity index (χ4n) is 2.93. The van der Waals surface area contributed by atoms with Crippen molar-refractivity contribution in [3.05, 3.63) is 46.6 Å². The third kappa shape index (κ3) is 7.81. The number of benzene rings is 1. The van der Waals surface area contributed by atoms with E-state index < -0.39 is 0 Å². The van der Waals surface area contributed by atoms with Gasteiger partial charge in [0.1, 0.15) is 11.5 Å². The molecule has 0 atom stereocenters. The van der Waals surface area contributed by atoms with Crippen molar-refractivity contribution in [3.63, 3.8) is 0 Å². The van der Waals surface area contributed by atoms with Crippen molar-refractivity contribution < 1.29 is 9.47 Å². The van der Waals surface area contributed by atoms with E-state index in [0.717, 1.165) is 42.7 Å². The van der Waals surface area contributed by atoms with Crippen LogP contribution < -0.4 is 9.47 Å². The standard InChI is InChI=1S/C23H36O2/c1-7-8-9-13-20-16-22(24-5)21(23(17-20)25-6)15-14-19(4)12-10-11-18(2)3/h11,14,16-17H,7-10,12-13,15H2,1-6H3/b19-14+. The maximum absolute atomic E-state index is 5.66. The van der Waals surface area contributed by atoms with Crippen LogP contribution in [0.1, 0.15) is 70.9 Å². The van der Waals surface area contributed by atoms with Crippen LogP contribution in [0.3, 0.4) is 0 Å². The lowest BCUT2D eigenvalue weighted by molar-refractivity contribution is 0.386. The average Bonchev–Trinajstić information content (AvgIpc) is 2.59. The van der Waals surface area contributed by atoms with Gasteiger partial charge in [-0.15, -0.1) is 0 Å². The van der Waals surface area contributed by atoms with Crippen LogP contribution in [0.25, 0.3) is 0 Å². The second-order valence-corrected chi connectivity index (χ2v) is 7.01. The second kappa shape index (κ2) is 11.8. The van der Waals surface area contributed by atoms with Gasteiger partial charge in [-0.1, -0.05) is 43.1 Å². The molecule has 0 unspecified atom stereocenters. The van der Waals surface area contributed by atoms with E-state index >= 15 is 0 Å². The summed E-state index contributed by atoms with van der Waals surface area (Å²) in [4.78, 5) is 0. The fourth-order valence-corrected chi connectivity index (χ4v) is 2.93. The van der Waals surface area contributed by atoms with Crippen molar-refractivity contribution in [2.45, 2.75) is 72.6 Å². The Morgan fingerprint density at radius 1 is 0.960 bits per heavy atom. The highest BCUT2D eigenvalue weighted by atomic mass is 16.5. The van der Waals surface area contributed by atoms with Crippen LogP contribution >= 0.6 is 0 Å². The van der Waals surface area contributed by atoms with Gasteiger partial charge in [0, 0.05) is 5.56 Å². The number of aryl methyl sites for hydroxylation is 1. The predicted molar refractivity (Wildman–Crippen MR) is 109 cm³/mol. The van der Waals surface area contributed by atoms with E-state index in [9.17, 15) is 0 Å². The zero-order valence-corrected chi connectivity index (χ0v) is 17.1. The summed E-state index contributed by atoms with van der Waals surface area (Å²) in [5.41, 5.74) is 5.24. The van der Waals surface area contributed by atoms with Crippen LogP contribution in [0.15, 0.2) is 35.4 Å². The van der Waals surface area contributed by atoms with Crippen LogP contribution in [0.5, 0.6) is 11.5 Å². The van der Waals surface area contributed by atoms with Gasteiger partial charge in [0.15, 0.2) is 0 Å². The van der Waals surface area contributed by atoms with Gasteiger partial charge in [-0.3, -0.25) is 0 Å². The first kappa shape index (κ1) is 21.3. The summed E-state index contributed by atoms with van der Waals surface area (Å²) >= 11 is 0. The number of allylic oxidation sites excluding steroid dienone is 4. The summed E-state index contributed by atoms with van der Waals surface area (Å²) in [5.74, 6) is 1.89. The number of methoxy groups -OCH3 is 2. The number of rotatable bonds is 11. The van der Waals surface area contributed by atoms with E-state index in [1.165, 1.54) is 36.0 Å². The SMILES string of the molecule is CCCCCc1cc(OC)c(C/C=C(\C)CCC=C(C)C)c(OC)c1. The molecule has 2 heteroatoms. The van der Waals surface area contributed by atoms with E-state index in [-0.39, 0.29) is 0 Å². The van der Waals surface area contributed by atoms with Gasteiger partial charge < -0.3 is 9.47 Å². The molecule has 0 amide bonds. The minimum Gasteiger partial charge on any atom is -0.496 e. The molecule has 0 saturated heterocycles. The van der Waals surface area contributed by atoms with Crippen molar-refractivity contribution in [1.29, 1.82) is 0 Å².